The second-order valence-electron chi connectivity index (χ2n) is 5.41. The molecule has 4 heteroatoms. The highest BCUT2D eigenvalue weighted by Crippen LogP contribution is 2.14. The Morgan fingerprint density at radius 2 is 1.95 bits per heavy atom. The Morgan fingerprint density at radius 1 is 1.30 bits per heavy atom. The van der Waals surface area contributed by atoms with E-state index in [1.807, 2.05) is 24.1 Å². The molecular formula is C16H25ClN2O. The molecule has 0 spiro atoms. The molecule has 112 valence electrons. The SMILES string of the molecule is Cc1ccccc1CCC(=O)N(C)C1CCNCC1.Cl. The third-order valence-electron chi connectivity index (χ3n) is 4.12. The van der Waals surface area contributed by atoms with E-state index in [-0.39, 0.29) is 18.3 Å². The number of benzene rings is 1. The average molecular weight is 297 g/mol. The van der Waals surface area contributed by atoms with Gasteiger partial charge in [-0.05, 0) is 50.4 Å². The first-order valence-corrected chi connectivity index (χ1v) is 7.19. The molecule has 0 unspecified atom stereocenters. The number of rotatable bonds is 4. The fraction of sp³-hybridized carbons (Fsp3) is 0.562. The Kier molecular flexibility index (Phi) is 7.03. The second kappa shape index (κ2) is 8.28. The van der Waals surface area contributed by atoms with Crippen LogP contribution in [0.25, 0.3) is 0 Å². The number of aryl methyl sites for hydroxylation is 2. The lowest BCUT2D eigenvalue weighted by Gasteiger charge is -2.31. The van der Waals surface area contributed by atoms with Gasteiger partial charge in [0, 0.05) is 19.5 Å². The molecule has 1 amide bonds. The van der Waals surface area contributed by atoms with Crippen LogP contribution < -0.4 is 5.32 Å². The van der Waals surface area contributed by atoms with Crippen LogP contribution >= 0.6 is 12.4 Å². The summed E-state index contributed by atoms with van der Waals surface area (Å²) < 4.78 is 0. The Balaban J connectivity index is 0.00000200. The molecule has 0 bridgehead atoms. The topological polar surface area (TPSA) is 32.3 Å². The van der Waals surface area contributed by atoms with E-state index in [1.165, 1.54) is 11.1 Å². The van der Waals surface area contributed by atoms with E-state index in [0.29, 0.717) is 12.5 Å². The van der Waals surface area contributed by atoms with Gasteiger partial charge in [-0.3, -0.25) is 4.79 Å². The Morgan fingerprint density at radius 3 is 2.60 bits per heavy atom. The normalized spacial score (nSPS) is 15.5. The number of carbonyl (C=O) groups is 1. The Labute approximate surface area is 128 Å². The monoisotopic (exact) mass is 296 g/mol. The van der Waals surface area contributed by atoms with Crippen LogP contribution in [0.2, 0.25) is 0 Å². The summed E-state index contributed by atoms with van der Waals surface area (Å²) in [6.07, 6.45) is 3.62. The van der Waals surface area contributed by atoms with E-state index in [4.69, 9.17) is 0 Å². The van der Waals surface area contributed by atoms with Crippen molar-refractivity contribution < 1.29 is 4.79 Å². The van der Waals surface area contributed by atoms with Crippen LogP contribution in [0.4, 0.5) is 0 Å². The number of nitrogens with zero attached hydrogens (tertiary/aromatic N) is 1. The van der Waals surface area contributed by atoms with Crippen molar-refractivity contribution in [3.05, 3.63) is 35.4 Å². The molecule has 0 aromatic heterocycles. The van der Waals surface area contributed by atoms with E-state index >= 15 is 0 Å². The van der Waals surface area contributed by atoms with Crippen LogP contribution in [0.5, 0.6) is 0 Å². The summed E-state index contributed by atoms with van der Waals surface area (Å²) in [7, 11) is 1.95. The molecule has 0 atom stereocenters. The first kappa shape index (κ1) is 17.0. The number of hydrogen-bond acceptors (Lipinski definition) is 2. The maximum atomic E-state index is 12.2. The number of hydrogen-bond donors (Lipinski definition) is 1. The largest absolute Gasteiger partial charge is 0.343 e. The summed E-state index contributed by atoms with van der Waals surface area (Å²) in [5.74, 6) is 0.273. The van der Waals surface area contributed by atoms with Crippen LogP contribution in [-0.4, -0.2) is 37.0 Å². The average Bonchev–Trinajstić information content (AvgIpc) is 2.46. The zero-order chi connectivity index (χ0) is 13.7. The Bertz CT molecular complexity index is 430. The van der Waals surface area contributed by atoms with Crippen LogP contribution in [-0.2, 0) is 11.2 Å². The predicted octanol–water partition coefficient (Wildman–Crippen LogP) is 2.56. The zero-order valence-electron chi connectivity index (χ0n) is 12.4. The lowest BCUT2D eigenvalue weighted by molar-refractivity contribution is -0.132. The van der Waals surface area contributed by atoms with Crippen molar-refractivity contribution in [3.63, 3.8) is 0 Å². The van der Waals surface area contributed by atoms with Gasteiger partial charge in [0.05, 0.1) is 0 Å². The summed E-state index contributed by atoms with van der Waals surface area (Å²) >= 11 is 0. The van der Waals surface area contributed by atoms with Gasteiger partial charge in [-0.15, -0.1) is 12.4 Å². The van der Waals surface area contributed by atoms with Crippen molar-refractivity contribution in [1.29, 1.82) is 0 Å². The number of piperidine rings is 1. The maximum absolute atomic E-state index is 12.2. The first-order chi connectivity index (χ1) is 9.18. The summed E-state index contributed by atoms with van der Waals surface area (Å²) in [6.45, 7) is 4.16. The minimum atomic E-state index is 0. The highest BCUT2D eigenvalue weighted by Gasteiger charge is 2.21. The third-order valence-corrected chi connectivity index (χ3v) is 4.12. The third kappa shape index (κ3) is 4.50. The van der Waals surface area contributed by atoms with Gasteiger partial charge in [-0.25, -0.2) is 0 Å². The summed E-state index contributed by atoms with van der Waals surface area (Å²) in [6, 6.07) is 8.74. The molecule has 1 aromatic carbocycles. The molecule has 1 fully saturated rings. The van der Waals surface area contributed by atoms with Crippen LogP contribution in [0.15, 0.2) is 24.3 Å². The molecule has 0 aliphatic carbocycles. The second-order valence-corrected chi connectivity index (χ2v) is 5.41. The highest BCUT2D eigenvalue weighted by atomic mass is 35.5. The van der Waals surface area contributed by atoms with Crippen molar-refractivity contribution in [3.8, 4) is 0 Å². The smallest absolute Gasteiger partial charge is 0.222 e. The molecule has 1 saturated heterocycles. The maximum Gasteiger partial charge on any atom is 0.222 e. The van der Waals surface area contributed by atoms with Crippen molar-refractivity contribution >= 4 is 18.3 Å². The fourth-order valence-electron chi connectivity index (χ4n) is 2.71. The number of carbonyl (C=O) groups excluding carboxylic acids is 1. The predicted molar refractivity (Wildman–Crippen MR) is 85.4 cm³/mol. The standard InChI is InChI=1S/C16H24N2O.ClH/c1-13-5-3-4-6-14(13)7-8-16(19)18(2)15-9-11-17-12-10-15;/h3-6,15,17H,7-12H2,1-2H3;1H. The lowest BCUT2D eigenvalue weighted by atomic mass is 10.0. The molecule has 1 heterocycles. The van der Waals surface area contributed by atoms with Gasteiger partial charge in [0.15, 0.2) is 0 Å². The lowest BCUT2D eigenvalue weighted by Crippen LogP contribution is -2.44. The van der Waals surface area contributed by atoms with Gasteiger partial charge >= 0.3 is 0 Å². The van der Waals surface area contributed by atoms with Crippen molar-refractivity contribution in [2.24, 2.45) is 0 Å². The highest BCUT2D eigenvalue weighted by molar-refractivity contribution is 5.85. The fourth-order valence-corrected chi connectivity index (χ4v) is 2.71. The van der Waals surface area contributed by atoms with Crippen molar-refractivity contribution in [2.75, 3.05) is 20.1 Å². The van der Waals surface area contributed by atoms with E-state index in [9.17, 15) is 4.79 Å². The van der Waals surface area contributed by atoms with E-state index in [1.54, 1.807) is 0 Å². The van der Waals surface area contributed by atoms with E-state index in [2.05, 4.69) is 24.4 Å². The molecule has 3 nitrogen and oxygen atoms in total. The Hall–Kier alpha value is -1.06. The number of nitrogens with one attached hydrogen (secondary N) is 1. The summed E-state index contributed by atoms with van der Waals surface area (Å²) in [5.41, 5.74) is 2.56. The van der Waals surface area contributed by atoms with Gasteiger partial charge in [0.1, 0.15) is 0 Å². The molecule has 1 aromatic rings. The summed E-state index contributed by atoms with van der Waals surface area (Å²) in [4.78, 5) is 14.2. The minimum Gasteiger partial charge on any atom is -0.343 e. The summed E-state index contributed by atoms with van der Waals surface area (Å²) in [5, 5.41) is 3.34. The van der Waals surface area contributed by atoms with E-state index in [0.717, 1.165) is 32.4 Å². The van der Waals surface area contributed by atoms with Gasteiger partial charge in [-0.2, -0.15) is 0 Å². The van der Waals surface area contributed by atoms with Crippen LogP contribution in [0, 0.1) is 6.92 Å². The van der Waals surface area contributed by atoms with Gasteiger partial charge in [0.2, 0.25) is 5.91 Å². The molecule has 0 radical (unpaired) electrons. The molecule has 1 N–H and O–H groups in total. The first-order valence-electron chi connectivity index (χ1n) is 7.19. The van der Waals surface area contributed by atoms with Gasteiger partial charge < -0.3 is 10.2 Å². The minimum absolute atomic E-state index is 0. The molecule has 0 saturated carbocycles. The van der Waals surface area contributed by atoms with E-state index < -0.39 is 0 Å². The van der Waals surface area contributed by atoms with Crippen LogP contribution in [0.1, 0.15) is 30.4 Å². The van der Waals surface area contributed by atoms with Crippen molar-refractivity contribution in [2.45, 2.75) is 38.6 Å². The van der Waals surface area contributed by atoms with Gasteiger partial charge in [0.25, 0.3) is 0 Å². The molecule has 1 aliphatic rings. The molecule has 2 rings (SSSR count). The van der Waals surface area contributed by atoms with Gasteiger partial charge in [-0.1, -0.05) is 24.3 Å². The number of halogens is 1. The van der Waals surface area contributed by atoms with Crippen LogP contribution in [0.3, 0.4) is 0 Å². The molecule has 20 heavy (non-hydrogen) atoms. The van der Waals surface area contributed by atoms with Crippen molar-refractivity contribution in [1.82, 2.24) is 10.2 Å². The molecule has 1 aliphatic heterocycles. The molecular weight excluding hydrogens is 272 g/mol. The number of amides is 1. The zero-order valence-corrected chi connectivity index (χ0v) is 13.2. The quantitative estimate of drug-likeness (QED) is 0.926.